The number of nitrogens with zero attached hydrogens (tertiary/aromatic N) is 1. The molecule has 2 rings (SSSR count). The van der Waals surface area contributed by atoms with Crippen LogP contribution in [0.2, 0.25) is 10.0 Å². The van der Waals surface area contributed by atoms with Crippen molar-refractivity contribution in [3.63, 3.8) is 0 Å². The van der Waals surface area contributed by atoms with Gasteiger partial charge in [0.15, 0.2) is 5.69 Å². The molecule has 0 aliphatic carbocycles. The van der Waals surface area contributed by atoms with Crippen molar-refractivity contribution in [1.82, 2.24) is 4.98 Å². The highest BCUT2D eigenvalue weighted by molar-refractivity contribution is 7.92. The molecule has 25 heavy (non-hydrogen) atoms. The zero-order chi connectivity index (χ0) is 19.0. The Labute approximate surface area is 153 Å². The van der Waals surface area contributed by atoms with Gasteiger partial charge < -0.3 is 5.11 Å². The van der Waals surface area contributed by atoms with Gasteiger partial charge in [0, 0.05) is 5.56 Å². The number of halogens is 5. The normalized spacial score (nSPS) is 12.2. The average molecular weight is 435 g/mol. The Morgan fingerprint density at radius 3 is 2.52 bits per heavy atom. The van der Waals surface area contributed by atoms with Crippen LogP contribution in [0.4, 0.5) is 18.2 Å². The lowest BCUT2D eigenvalue weighted by Crippen LogP contribution is -2.19. The number of aromatic nitrogens is 1. The summed E-state index contributed by atoms with van der Waals surface area (Å²) in [6.07, 6.45) is -4.85. The minimum atomic E-state index is -4.85. The lowest BCUT2D eigenvalue weighted by Gasteiger charge is -2.16. The summed E-state index contributed by atoms with van der Waals surface area (Å²) in [6.45, 7) is 0. The first-order valence-corrected chi connectivity index (χ1v) is 9.42. The molecule has 6 nitrogen and oxygen atoms in total. The van der Waals surface area contributed by atoms with Gasteiger partial charge in [-0.05, 0) is 12.1 Å². The van der Waals surface area contributed by atoms with Crippen molar-refractivity contribution >= 4 is 55.5 Å². The molecule has 136 valence electrons. The van der Waals surface area contributed by atoms with Crippen molar-refractivity contribution in [2.75, 3.05) is 4.72 Å². The second-order valence-corrected chi connectivity index (χ2v) is 7.94. The molecular formula is C12H7Cl2F3N2O4S2. The van der Waals surface area contributed by atoms with Crippen LogP contribution in [0.5, 0.6) is 0 Å². The highest BCUT2D eigenvalue weighted by atomic mass is 35.5. The molecular weight excluding hydrogens is 428 g/mol. The van der Waals surface area contributed by atoms with Gasteiger partial charge in [-0.1, -0.05) is 23.2 Å². The average Bonchev–Trinajstić information content (AvgIpc) is 2.89. The summed E-state index contributed by atoms with van der Waals surface area (Å²) in [4.78, 5) is 14.4. The number of benzene rings is 1. The molecule has 1 aromatic carbocycles. The number of anilines is 1. The first-order chi connectivity index (χ1) is 11.4. The SMILES string of the molecule is O=C(O)c1ncsc1NS(=O)(=O)Cc1c(C(F)(F)F)ccc(Cl)c1Cl. The highest BCUT2D eigenvalue weighted by Crippen LogP contribution is 2.39. The summed E-state index contributed by atoms with van der Waals surface area (Å²) < 4.78 is 65.5. The van der Waals surface area contributed by atoms with E-state index in [0.29, 0.717) is 17.4 Å². The lowest BCUT2D eigenvalue weighted by molar-refractivity contribution is -0.138. The van der Waals surface area contributed by atoms with E-state index < -0.39 is 49.8 Å². The number of sulfonamides is 1. The molecule has 0 bridgehead atoms. The first kappa shape index (κ1) is 19.8. The van der Waals surface area contributed by atoms with Crippen LogP contribution in [0.25, 0.3) is 0 Å². The second-order valence-electron chi connectivity index (χ2n) is 4.58. The van der Waals surface area contributed by atoms with Crippen LogP contribution in [0.15, 0.2) is 17.6 Å². The number of nitrogens with one attached hydrogen (secondary N) is 1. The van der Waals surface area contributed by atoms with Crippen LogP contribution in [-0.2, 0) is 22.0 Å². The van der Waals surface area contributed by atoms with Crippen molar-refractivity contribution in [2.45, 2.75) is 11.9 Å². The fraction of sp³-hybridized carbons (Fsp3) is 0.167. The second kappa shape index (κ2) is 6.98. The molecule has 0 amide bonds. The number of hydrogen-bond acceptors (Lipinski definition) is 5. The predicted octanol–water partition coefficient (Wildman–Crippen LogP) is 4.11. The number of carbonyl (C=O) groups is 1. The zero-order valence-corrected chi connectivity index (χ0v) is 14.9. The number of carboxylic acid groups (broad SMARTS) is 1. The van der Waals surface area contributed by atoms with E-state index in [1.54, 1.807) is 0 Å². The standard InChI is InChI=1S/C12H7Cl2F3N2O4S2/c13-7-2-1-6(12(15,16)17)5(8(7)14)3-25(22,23)19-10-9(11(20)21)18-4-24-10/h1-2,4,19H,3H2,(H,20,21). The van der Waals surface area contributed by atoms with E-state index in [0.717, 1.165) is 11.6 Å². The fourth-order valence-corrected chi connectivity index (χ4v) is 4.55. The topological polar surface area (TPSA) is 96.4 Å². The molecule has 0 aliphatic rings. The van der Waals surface area contributed by atoms with Crippen molar-refractivity contribution in [3.05, 3.63) is 44.5 Å². The van der Waals surface area contributed by atoms with E-state index in [2.05, 4.69) is 4.98 Å². The van der Waals surface area contributed by atoms with Gasteiger partial charge in [-0.3, -0.25) is 4.72 Å². The van der Waals surface area contributed by atoms with Gasteiger partial charge in [0.2, 0.25) is 10.0 Å². The third-order valence-electron chi connectivity index (χ3n) is 2.85. The summed E-state index contributed by atoms with van der Waals surface area (Å²) in [5.74, 6) is -2.64. The van der Waals surface area contributed by atoms with Crippen molar-refractivity contribution < 1.29 is 31.5 Å². The van der Waals surface area contributed by atoms with Gasteiger partial charge in [0.1, 0.15) is 5.00 Å². The van der Waals surface area contributed by atoms with E-state index in [-0.39, 0.29) is 10.0 Å². The monoisotopic (exact) mass is 434 g/mol. The molecule has 0 unspecified atom stereocenters. The maximum Gasteiger partial charge on any atom is 0.416 e. The summed E-state index contributed by atoms with van der Waals surface area (Å²) >= 11 is 12.1. The Morgan fingerprint density at radius 2 is 1.96 bits per heavy atom. The van der Waals surface area contributed by atoms with Crippen LogP contribution >= 0.6 is 34.5 Å². The van der Waals surface area contributed by atoms with Gasteiger partial charge in [0.25, 0.3) is 0 Å². The number of carboxylic acids is 1. The third-order valence-corrected chi connectivity index (χ3v) is 5.75. The summed E-state index contributed by atoms with van der Waals surface area (Å²) in [5.41, 5.74) is -1.48. The quantitative estimate of drug-likeness (QED) is 0.737. The van der Waals surface area contributed by atoms with Crippen molar-refractivity contribution in [3.8, 4) is 0 Å². The molecule has 0 atom stereocenters. The van der Waals surface area contributed by atoms with E-state index >= 15 is 0 Å². The Bertz CT molecular complexity index is 929. The number of aromatic carboxylic acids is 1. The Morgan fingerprint density at radius 1 is 1.32 bits per heavy atom. The number of thiazole rings is 1. The van der Waals surface area contributed by atoms with Gasteiger partial charge in [0.05, 0.1) is 26.9 Å². The molecule has 0 saturated heterocycles. The molecule has 0 spiro atoms. The maximum absolute atomic E-state index is 13.1. The first-order valence-electron chi connectivity index (χ1n) is 6.13. The molecule has 0 saturated carbocycles. The molecule has 0 aliphatic heterocycles. The molecule has 13 heteroatoms. The van der Waals surface area contributed by atoms with Crippen LogP contribution in [0, 0.1) is 0 Å². The minimum Gasteiger partial charge on any atom is -0.476 e. The van der Waals surface area contributed by atoms with Crippen molar-refractivity contribution in [1.29, 1.82) is 0 Å². The Hall–Kier alpha value is -1.56. The van der Waals surface area contributed by atoms with Crippen LogP contribution in [0.3, 0.4) is 0 Å². The Kier molecular flexibility index (Phi) is 5.52. The molecule has 2 aromatic rings. The van der Waals surface area contributed by atoms with E-state index in [1.807, 2.05) is 4.72 Å². The molecule has 0 fully saturated rings. The number of rotatable bonds is 5. The van der Waals surface area contributed by atoms with Crippen molar-refractivity contribution in [2.24, 2.45) is 0 Å². The smallest absolute Gasteiger partial charge is 0.416 e. The Balaban J connectivity index is 2.43. The minimum absolute atomic E-state index is 0.246. The molecule has 0 radical (unpaired) electrons. The largest absolute Gasteiger partial charge is 0.476 e. The van der Waals surface area contributed by atoms with E-state index in [4.69, 9.17) is 28.3 Å². The third kappa shape index (κ3) is 4.54. The zero-order valence-electron chi connectivity index (χ0n) is 11.8. The van der Waals surface area contributed by atoms with Gasteiger partial charge in [-0.15, -0.1) is 11.3 Å². The predicted molar refractivity (Wildman–Crippen MR) is 86.8 cm³/mol. The maximum atomic E-state index is 13.1. The number of hydrogen-bond donors (Lipinski definition) is 2. The van der Waals surface area contributed by atoms with Crippen LogP contribution in [-0.4, -0.2) is 24.5 Å². The van der Waals surface area contributed by atoms with Crippen LogP contribution in [0.1, 0.15) is 21.6 Å². The van der Waals surface area contributed by atoms with Gasteiger partial charge in [-0.25, -0.2) is 18.2 Å². The molecule has 2 N–H and O–H groups in total. The number of alkyl halides is 3. The fourth-order valence-electron chi connectivity index (χ4n) is 1.84. The van der Waals surface area contributed by atoms with E-state index in [9.17, 15) is 26.4 Å². The van der Waals surface area contributed by atoms with E-state index in [1.165, 1.54) is 0 Å². The van der Waals surface area contributed by atoms with Gasteiger partial charge in [-0.2, -0.15) is 13.2 Å². The highest BCUT2D eigenvalue weighted by Gasteiger charge is 2.36. The summed E-state index contributed by atoms with van der Waals surface area (Å²) in [6, 6.07) is 1.52. The van der Waals surface area contributed by atoms with Gasteiger partial charge >= 0.3 is 12.1 Å². The molecule has 1 heterocycles. The lowest BCUT2D eigenvalue weighted by atomic mass is 10.1. The summed E-state index contributed by atoms with van der Waals surface area (Å²) in [5, 5.41) is 7.76. The van der Waals surface area contributed by atoms with Crippen LogP contribution < -0.4 is 4.72 Å². The molecule has 1 aromatic heterocycles. The summed E-state index contributed by atoms with van der Waals surface area (Å²) in [7, 11) is -4.42.